The number of hydrogen-bond acceptors (Lipinski definition) is 4. The van der Waals surface area contributed by atoms with Crippen molar-refractivity contribution < 1.29 is 0 Å². The van der Waals surface area contributed by atoms with Gasteiger partial charge in [-0.15, -0.1) is 5.10 Å². The lowest BCUT2D eigenvalue weighted by Crippen LogP contribution is -1.85. The van der Waals surface area contributed by atoms with Gasteiger partial charge in [-0.3, -0.25) is 0 Å². The highest BCUT2D eigenvalue weighted by Gasteiger charge is 2.10. The van der Waals surface area contributed by atoms with E-state index in [4.69, 9.17) is 16.9 Å². The summed E-state index contributed by atoms with van der Waals surface area (Å²) in [7, 11) is 0. The number of aromatic nitrogens is 4. The number of pyridine rings is 1. The first-order valence-corrected chi connectivity index (χ1v) is 6.19. The van der Waals surface area contributed by atoms with E-state index in [1.54, 1.807) is 12.3 Å². The first-order valence-electron chi connectivity index (χ1n) is 5.81. The van der Waals surface area contributed by atoms with E-state index >= 15 is 0 Å². The Bertz CT molecular complexity index is 803. The summed E-state index contributed by atoms with van der Waals surface area (Å²) in [6, 6.07) is 13.3. The van der Waals surface area contributed by atoms with E-state index in [1.807, 2.05) is 36.4 Å². The summed E-state index contributed by atoms with van der Waals surface area (Å²) in [4.78, 5) is 3.96. The van der Waals surface area contributed by atoms with Crippen LogP contribution in [0.1, 0.15) is 5.69 Å². The van der Waals surface area contributed by atoms with Crippen LogP contribution in [-0.4, -0.2) is 20.4 Å². The van der Waals surface area contributed by atoms with Crippen molar-refractivity contribution in [2.75, 3.05) is 0 Å². The van der Waals surface area contributed by atoms with Crippen LogP contribution in [0, 0.1) is 11.3 Å². The Morgan fingerprint density at radius 2 is 1.85 bits per heavy atom. The maximum Gasteiger partial charge on any atom is 0.190 e. The van der Waals surface area contributed by atoms with E-state index in [9.17, 15) is 0 Å². The fraction of sp³-hybridized carbons (Fsp3) is 0. The Morgan fingerprint density at radius 1 is 1.05 bits per heavy atom. The van der Waals surface area contributed by atoms with Gasteiger partial charge >= 0.3 is 0 Å². The van der Waals surface area contributed by atoms with E-state index in [2.05, 4.69) is 20.4 Å². The zero-order chi connectivity index (χ0) is 13.9. The van der Waals surface area contributed by atoms with Crippen LogP contribution in [0.3, 0.4) is 0 Å². The number of H-pyrrole nitrogens is 1. The third kappa shape index (κ3) is 2.25. The number of aromatic amines is 1. The average Bonchev–Trinajstić information content (AvgIpc) is 2.96. The lowest BCUT2D eigenvalue weighted by Gasteiger charge is -2.04. The van der Waals surface area contributed by atoms with Crippen LogP contribution in [0.4, 0.5) is 0 Å². The minimum Gasteiger partial charge on any atom is -0.245 e. The number of nitrogens with one attached hydrogen (secondary N) is 1. The summed E-state index contributed by atoms with van der Waals surface area (Å²) in [5.41, 5.74) is 3.55. The maximum absolute atomic E-state index is 8.99. The third-order valence-electron chi connectivity index (χ3n) is 2.85. The van der Waals surface area contributed by atoms with Crippen molar-refractivity contribution in [3.05, 3.63) is 53.4 Å². The number of hydrogen-bond donors (Lipinski definition) is 1. The molecule has 0 spiro atoms. The molecular weight excluding hydrogens is 274 g/mol. The molecule has 2 aromatic heterocycles. The molecule has 3 aromatic rings. The number of halogens is 1. The number of nitrogens with zero attached hydrogens (tertiary/aromatic N) is 4. The summed E-state index contributed by atoms with van der Waals surface area (Å²) < 4.78 is 0. The number of nitriles is 1. The SMILES string of the molecule is N#Cc1n[nH]nc1-c1cccc(-c2ccnc(Cl)c2)c1. The van der Waals surface area contributed by atoms with Crippen molar-refractivity contribution in [3.63, 3.8) is 0 Å². The van der Waals surface area contributed by atoms with E-state index in [1.165, 1.54) is 0 Å². The molecule has 1 N–H and O–H groups in total. The average molecular weight is 282 g/mol. The summed E-state index contributed by atoms with van der Waals surface area (Å²) in [6.07, 6.45) is 1.65. The highest BCUT2D eigenvalue weighted by atomic mass is 35.5. The highest BCUT2D eigenvalue weighted by Crippen LogP contribution is 2.27. The van der Waals surface area contributed by atoms with E-state index < -0.39 is 0 Å². The Kier molecular flexibility index (Phi) is 3.15. The molecule has 0 aliphatic heterocycles. The highest BCUT2D eigenvalue weighted by molar-refractivity contribution is 6.29. The monoisotopic (exact) mass is 281 g/mol. The second-order valence-corrected chi connectivity index (χ2v) is 4.47. The fourth-order valence-electron chi connectivity index (χ4n) is 1.94. The molecule has 1 aromatic carbocycles. The van der Waals surface area contributed by atoms with Crippen molar-refractivity contribution in [2.24, 2.45) is 0 Å². The van der Waals surface area contributed by atoms with Gasteiger partial charge in [0.25, 0.3) is 0 Å². The van der Waals surface area contributed by atoms with Gasteiger partial charge in [0.05, 0.1) is 0 Å². The number of rotatable bonds is 2. The molecule has 0 fully saturated rings. The second kappa shape index (κ2) is 5.11. The van der Waals surface area contributed by atoms with Crippen LogP contribution in [0.25, 0.3) is 22.4 Å². The van der Waals surface area contributed by atoms with E-state index in [0.29, 0.717) is 10.8 Å². The Balaban J connectivity index is 2.09. The summed E-state index contributed by atoms with van der Waals surface area (Å²) in [6.45, 7) is 0. The van der Waals surface area contributed by atoms with Crippen LogP contribution < -0.4 is 0 Å². The van der Waals surface area contributed by atoms with Gasteiger partial charge in [-0.25, -0.2) is 4.98 Å². The van der Waals surface area contributed by atoms with E-state index in [-0.39, 0.29) is 5.69 Å². The summed E-state index contributed by atoms with van der Waals surface area (Å²) >= 11 is 5.90. The van der Waals surface area contributed by atoms with Gasteiger partial charge in [-0.1, -0.05) is 29.8 Å². The predicted octanol–water partition coefficient (Wildman–Crippen LogP) is 3.06. The molecule has 3 rings (SSSR count). The standard InChI is InChI=1S/C14H8ClN5/c15-13-7-10(4-5-17-13)9-2-1-3-11(6-9)14-12(8-16)18-20-19-14/h1-7H,(H,18,19,20). The molecule has 0 amide bonds. The van der Waals surface area contributed by atoms with Crippen LogP contribution in [-0.2, 0) is 0 Å². The largest absolute Gasteiger partial charge is 0.245 e. The Labute approximate surface area is 119 Å². The predicted molar refractivity (Wildman–Crippen MR) is 74.8 cm³/mol. The first kappa shape index (κ1) is 12.3. The lowest BCUT2D eigenvalue weighted by molar-refractivity contribution is 0.937. The van der Waals surface area contributed by atoms with E-state index in [0.717, 1.165) is 16.7 Å². The maximum atomic E-state index is 8.99. The smallest absolute Gasteiger partial charge is 0.190 e. The second-order valence-electron chi connectivity index (χ2n) is 4.08. The molecule has 6 heteroatoms. The first-order chi connectivity index (χ1) is 9.78. The molecule has 0 aliphatic carbocycles. The van der Waals surface area contributed by atoms with Crippen LogP contribution >= 0.6 is 11.6 Å². The third-order valence-corrected chi connectivity index (χ3v) is 3.06. The minimum atomic E-state index is 0.273. The molecule has 0 atom stereocenters. The zero-order valence-corrected chi connectivity index (χ0v) is 11.0. The van der Waals surface area contributed by atoms with Crippen molar-refractivity contribution >= 4 is 11.6 Å². The molecule has 2 heterocycles. The van der Waals surface area contributed by atoms with Gasteiger partial charge in [0.15, 0.2) is 5.69 Å². The van der Waals surface area contributed by atoms with Gasteiger partial charge in [0.2, 0.25) is 0 Å². The van der Waals surface area contributed by atoms with Crippen LogP contribution in [0.15, 0.2) is 42.6 Å². The molecule has 0 saturated carbocycles. The molecule has 0 bridgehead atoms. The normalized spacial score (nSPS) is 10.2. The van der Waals surface area contributed by atoms with Gasteiger partial charge < -0.3 is 0 Å². The van der Waals surface area contributed by atoms with Crippen LogP contribution in [0.5, 0.6) is 0 Å². The molecule has 0 radical (unpaired) electrons. The Hall–Kier alpha value is -2.71. The minimum absolute atomic E-state index is 0.273. The molecule has 0 saturated heterocycles. The van der Waals surface area contributed by atoms with Crippen LogP contribution in [0.2, 0.25) is 5.15 Å². The molecule has 20 heavy (non-hydrogen) atoms. The zero-order valence-electron chi connectivity index (χ0n) is 10.2. The summed E-state index contributed by atoms with van der Waals surface area (Å²) in [5.74, 6) is 0. The molecule has 0 unspecified atom stereocenters. The van der Waals surface area contributed by atoms with Gasteiger partial charge in [0, 0.05) is 11.8 Å². The summed E-state index contributed by atoms with van der Waals surface area (Å²) in [5, 5.41) is 19.7. The topological polar surface area (TPSA) is 78.2 Å². The lowest BCUT2D eigenvalue weighted by atomic mass is 10.0. The van der Waals surface area contributed by atoms with Gasteiger partial charge in [-0.2, -0.15) is 15.6 Å². The Morgan fingerprint density at radius 3 is 2.65 bits per heavy atom. The molecule has 96 valence electrons. The van der Waals surface area contributed by atoms with Crippen molar-refractivity contribution in [3.8, 4) is 28.5 Å². The van der Waals surface area contributed by atoms with Crippen molar-refractivity contribution in [1.82, 2.24) is 20.4 Å². The number of benzene rings is 1. The van der Waals surface area contributed by atoms with Gasteiger partial charge in [-0.05, 0) is 29.3 Å². The van der Waals surface area contributed by atoms with Gasteiger partial charge in [0.1, 0.15) is 16.9 Å². The molecule has 0 aliphatic rings. The fourth-order valence-corrected chi connectivity index (χ4v) is 2.11. The molecular formula is C14H8ClN5. The molecule has 5 nitrogen and oxygen atoms in total. The van der Waals surface area contributed by atoms with Crippen molar-refractivity contribution in [2.45, 2.75) is 0 Å². The quantitative estimate of drug-likeness (QED) is 0.732. The van der Waals surface area contributed by atoms with Crippen molar-refractivity contribution in [1.29, 1.82) is 5.26 Å².